The molecule has 0 aromatic rings. The number of hydrogen-bond donors (Lipinski definition) is 0. The molecule has 8 heavy (non-hydrogen) atoms. The van der Waals surface area contributed by atoms with Crippen LogP contribution in [-0.2, 0) is 0 Å². The van der Waals surface area contributed by atoms with Crippen LogP contribution < -0.4 is 0 Å². The maximum absolute atomic E-state index is 2.41. The molecule has 6 aliphatic heterocycles. The van der Waals surface area contributed by atoms with E-state index in [-0.39, 0.29) is 0 Å². The summed E-state index contributed by atoms with van der Waals surface area (Å²) in [7, 11) is 0. The smallest absolute Gasteiger partial charge is 0.168 e. The maximum atomic E-state index is 2.41. The quantitative estimate of drug-likeness (QED) is 0.362. The minimum Gasteiger partial charge on any atom is -0.168 e. The van der Waals surface area contributed by atoms with Crippen molar-refractivity contribution >= 4 is 0 Å². The summed E-state index contributed by atoms with van der Waals surface area (Å²) in [6.07, 6.45) is 2.27. The summed E-state index contributed by atoms with van der Waals surface area (Å²) < 4.78 is 0. The van der Waals surface area contributed by atoms with E-state index in [1.54, 1.807) is 0 Å². The van der Waals surface area contributed by atoms with Crippen LogP contribution in [0.4, 0.5) is 0 Å². The first-order valence-electron chi connectivity index (χ1n) is 2.94. The molecule has 6 fully saturated rings. The first kappa shape index (κ1) is 2.59. The van der Waals surface area contributed by atoms with Crippen molar-refractivity contribution in [2.45, 2.75) is 18.6 Å². The SMILES string of the molecule is C12C3N4N1C1N2N3N14. The Morgan fingerprint density at radius 1 is 0.750 bits per heavy atom. The predicted octanol–water partition coefficient (Wildman–Crippen LogP) is -1.84. The molecule has 0 amide bonds. The van der Waals surface area contributed by atoms with Gasteiger partial charge in [0.2, 0.25) is 0 Å². The molecule has 0 radical (unpaired) electrons. The molecular weight excluding hydrogens is 106 g/mol. The van der Waals surface area contributed by atoms with E-state index in [9.17, 15) is 0 Å². The van der Waals surface area contributed by atoms with Crippen LogP contribution in [0.1, 0.15) is 0 Å². The van der Waals surface area contributed by atoms with Crippen LogP contribution in [0.3, 0.4) is 0 Å². The number of hydrazine groups is 4. The molecule has 0 unspecified atom stereocenters. The topological polar surface area (TPSA) is 16.2 Å². The fourth-order valence-electron chi connectivity index (χ4n) is 2.47. The zero-order chi connectivity index (χ0) is 4.62. The summed E-state index contributed by atoms with van der Waals surface area (Å²) in [5.41, 5.74) is 0. The molecular formula is C3H3N5. The molecule has 6 heterocycles. The Kier molecular flexibility index (Phi) is 0.131. The third-order valence-electron chi connectivity index (χ3n) is 2.85. The van der Waals surface area contributed by atoms with Gasteiger partial charge in [-0.2, -0.15) is 10.0 Å². The van der Waals surface area contributed by atoms with Gasteiger partial charge in [-0.25, -0.2) is 0 Å². The fraction of sp³-hybridized carbons (Fsp3) is 1.00. The maximum Gasteiger partial charge on any atom is 0.181 e. The van der Waals surface area contributed by atoms with Crippen LogP contribution in [-0.4, -0.2) is 44.0 Å². The van der Waals surface area contributed by atoms with Gasteiger partial charge < -0.3 is 0 Å². The Bertz CT molecular complexity index is 118. The third kappa shape index (κ3) is 0.0585. The molecule has 0 aromatic heterocycles. The average molecular weight is 109 g/mol. The lowest BCUT2D eigenvalue weighted by molar-refractivity contribution is -0.875. The van der Waals surface area contributed by atoms with E-state index in [0.717, 1.165) is 12.3 Å². The van der Waals surface area contributed by atoms with Crippen molar-refractivity contribution in [1.82, 2.24) is 25.4 Å². The van der Waals surface area contributed by atoms with E-state index < -0.39 is 0 Å². The lowest BCUT2D eigenvalue weighted by Crippen LogP contribution is -3.27. The van der Waals surface area contributed by atoms with E-state index >= 15 is 0 Å². The van der Waals surface area contributed by atoms with Crippen molar-refractivity contribution in [3.8, 4) is 0 Å². The summed E-state index contributed by atoms with van der Waals surface area (Å²) in [4.78, 5) is 0. The van der Waals surface area contributed by atoms with Gasteiger partial charge in [0.15, 0.2) is 12.5 Å². The molecule has 0 bridgehead atoms. The molecule has 6 rings (SSSR count). The second kappa shape index (κ2) is 0.404. The Labute approximate surface area is 45.1 Å². The van der Waals surface area contributed by atoms with Crippen LogP contribution in [0.15, 0.2) is 0 Å². The lowest BCUT2D eigenvalue weighted by Gasteiger charge is -3.03. The van der Waals surface area contributed by atoms with Crippen molar-refractivity contribution in [3.63, 3.8) is 0 Å². The summed E-state index contributed by atoms with van der Waals surface area (Å²) >= 11 is 0. The lowest BCUT2D eigenvalue weighted by atomic mass is 9.97. The van der Waals surface area contributed by atoms with Gasteiger partial charge in [-0.1, -0.05) is 0 Å². The number of nitrogens with zero attached hydrogens (tertiary/aromatic N) is 5. The van der Waals surface area contributed by atoms with E-state index in [0.29, 0.717) is 6.29 Å². The first-order chi connectivity index (χ1) is 4.00. The van der Waals surface area contributed by atoms with Crippen LogP contribution in [0.2, 0.25) is 0 Å². The zero-order valence-electron chi connectivity index (χ0n) is 3.97. The largest absolute Gasteiger partial charge is 0.181 e. The molecule has 5 nitrogen and oxygen atoms in total. The highest BCUT2D eigenvalue weighted by molar-refractivity contribution is 5.24. The average Bonchev–Trinajstić information content (AvgIpc) is 1.90. The van der Waals surface area contributed by atoms with Crippen LogP contribution in [0.25, 0.3) is 0 Å². The molecule has 0 N–H and O–H groups in total. The Balaban J connectivity index is 2.00. The van der Waals surface area contributed by atoms with Crippen LogP contribution in [0.5, 0.6) is 0 Å². The second-order valence-electron chi connectivity index (χ2n) is 2.89. The van der Waals surface area contributed by atoms with Crippen LogP contribution >= 0.6 is 0 Å². The number of hydrogen-bond acceptors (Lipinski definition) is 5. The van der Waals surface area contributed by atoms with E-state index in [1.807, 2.05) is 0 Å². The highest BCUT2D eigenvalue weighted by atomic mass is 16.5. The molecule has 0 spiro atoms. The van der Waals surface area contributed by atoms with Gasteiger partial charge >= 0.3 is 0 Å². The summed E-state index contributed by atoms with van der Waals surface area (Å²) in [5.74, 6) is 0. The van der Waals surface area contributed by atoms with Crippen molar-refractivity contribution in [2.24, 2.45) is 0 Å². The highest BCUT2D eigenvalue weighted by Gasteiger charge is 2.98. The Morgan fingerprint density at radius 2 is 1.50 bits per heavy atom. The van der Waals surface area contributed by atoms with Gasteiger partial charge in [-0.05, 0) is 0 Å². The van der Waals surface area contributed by atoms with Gasteiger partial charge in [0.25, 0.3) is 0 Å². The van der Waals surface area contributed by atoms with Gasteiger partial charge in [0.05, 0.1) is 0 Å². The monoisotopic (exact) mass is 109 g/mol. The van der Waals surface area contributed by atoms with E-state index in [1.165, 1.54) is 0 Å². The van der Waals surface area contributed by atoms with Gasteiger partial charge in [-0.3, -0.25) is 0 Å². The van der Waals surface area contributed by atoms with Crippen molar-refractivity contribution in [2.75, 3.05) is 0 Å². The molecule has 0 saturated carbocycles. The highest BCUT2D eigenvalue weighted by Crippen LogP contribution is 2.73. The summed E-state index contributed by atoms with van der Waals surface area (Å²) in [6, 6.07) is 0. The Hall–Kier alpha value is -0.200. The first-order valence-corrected chi connectivity index (χ1v) is 2.94. The minimum absolute atomic E-state index is 0.685. The number of rotatable bonds is 0. The van der Waals surface area contributed by atoms with Crippen molar-refractivity contribution < 1.29 is 0 Å². The summed E-state index contributed by atoms with van der Waals surface area (Å²) in [6.45, 7) is 0. The van der Waals surface area contributed by atoms with Gasteiger partial charge in [0.1, 0.15) is 6.17 Å². The Morgan fingerprint density at radius 3 is 1.62 bits per heavy atom. The minimum atomic E-state index is 0.685. The summed E-state index contributed by atoms with van der Waals surface area (Å²) in [5, 5.41) is 11.7. The standard InChI is InChI=1S/C3H3N5/c1-2-6-4(1)3-5(1)7(2)8(3)6/h1-3H. The second-order valence-corrected chi connectivity index (χ2v) is 2.89. The molecule has 0 atom stereocenters. The van der Waals surface area contributed by atoms with Crippen molar-refractivity contribution in [1.29, 1.82) is 0 Å². The van der Waals surface area contributed by atoms with E-state index in [2.05, 4.69) is 25.4 Å². The fourth-order valence-corrected chi connectivity index (χ4v) is 2.47. The molecule has 40 valence electrons. The predicted molar refractivity (Wildman–Crippen MR) is 20.6 cm³/mol. The molecule has 6 saturated heterocycles. The zero-order valence-corrected chi connectivity index (χ0v) is 3.97. The normalized spacial score (nSPS) is 74.2. The van der Waals surface area contributed by atoms with Gasteiger partial charge in [0, 0.05) is 0 Å². The molecule has 6 aliphatic rings. The molecule has 5 heteroatoms. The van der Waals surface area contributed by atoms with Crippen LogP contribution in [0, 0.1) is 0 Å². The van der Waals surface area contributed by atoms with Gasteiger partial charge in [-0.15, -0.1) is 15.4 Å². The molecule has 0 aromatic carbocycles. The van der Waals surface area contributed by atoms with E-state index in [4.69, 9.17) is 0 Å². The van der Waals surface area contributed by atoms with Crippen molar-refractivity contribution in [3.05, 3.63) is 0 Å². The third-order valence-corrected chi connectivity index (χ3v) is 2.85. The molecule has 0 aliphatic carbocycles.